The minimum atomic E-state index is -0.664. The summed E-state index contributed by atoms with van der Waals surface area (Å²) in [6, 6.07) is 11.9. The van der Waals surface area contributed by atoms with E-state index in [0.717, 1.165) is 16.5 Å². The van der Waals surface area contributed by atoms with Gasteiger partial charge in [0.05, 0.1) is 18.6 Å². The van der Waals surface area contributed by atoms with Gasteiger partial charge in [-0.05, 0) is 54.3 Å². The molecule has 0 heterocycles. The van der Waals surface area contributed by atoms with E-state index in [1.807, 2.05) is 32.9 Å². The predicted molar refractivity (Wildman–Crippen MR) is 133 cm³/mol. The van der Waals surface area contributed by atoms with Gasteiger partial charge in [0.15, 0.2) is 6.61 Å². The maximum absolute atomic E-state index is 12.2. The van der Waals surface area contributed by atoms with Gasteiger partial charge in [0.25, 0.3) is 5.91 Å². The Morgan fingerprint density at radius 3 is 2.41 bits per heavy atom. The second-order valence-electron chi connectivity index (χ2n) is 7.99. The van der Waals surface area contributed by atoms with Crippen LogP contribution in [0.15, 0.2) is 46.9 Å². The molecular formula is C25H29BrN2O6. The standard InChI is InChI=1S/C25H29BrN2O6/c1-4-17-12-19(26)8-9-21(17)28-23(30)15-33-24(31)11-10-22(29)27-20-7-5-6-18(13-20)25(32)34-14-16(2)3/h5-9,12-13,16H,4,10-11,14-15H2,1-3H3,(H,27,29)(H,28,30). The number of aryl methyl sites for hydroxylation is 1. The molecule has 0 aromatic heterocycles. The van der Waals surface area contributed by atoms with E-state index in [1.165, 1.54) is 6.07 Å². The van der Waals surface area contributed by atoms with E-state index >= 15 is 0 Å². The minimum Gasteiger partial charge on any atom is -0.462 e. The van der Waals surface area contributed by atoms with Gasteiger partial charge >= 0.3 is 11.9 Å². The summed E-state index contributed by atoms with van der Waals surface area (Å²) in [4.78, 5) is 48.3. The molecule has 0 bridgehead atoms. The lowest BCUT2D eigenvalue weighted by atomic mass is 10.1. The van der Waals surface area contributed by atoms with Crippen molar-refractivity contribution in [2.24, 2.45) is 5.92 Å². The molecule has 0 saturated heterocycles. The molecule has 0 saturated carbocycles. The maximum atomic E-state index is 12.2. The number of rotatable bonds is 11. The third-order valence-electron chi connectivity index (χ3n) is 4.57. The van der Waals surface area contributed by atoms with E-state index in [4.69, 9.17) is 9.47 Å². The van der Waals surface area contributed by atoms with Gasteiger partial charge in [0.2, 0.25) is 5.91 Å². The van der Waals surface area contributed by atoms with Crippen LogP contribution in [0.4, 0.5) is 11.4 Å². The molecule has 2 aromatic carbocycles. The molecule has 2 rings (SSSR count). The molecule has 9 heteroatoms. The number of nitrogens with one attached hydrogen (secondary N) is 2. The number of anilines is 2. The van der Waals surface area contributed by atoms with E-state index in [1.54, 1.807) is 24.3 Å². The number of hydrogen-bond donors (Lipinski definition) is 2. The Morgan fingerprint density at radius 2 is 1.71 bits per heavy atom. The molecular weight excluding hydrogens is 504 g/mol. The first-order valence-electron chi connectivity index (χ1n) is 11.0. The van der Waals surface area contributed by atoms with Crippen molar-refractivity contribution in [2.75, 3.05) is 23.8 Å². The molecule has 182 valence electrons. The Bertz CT molecular complexity index is 1040. The highest BCUT2D eigenvalue weighted by Crippen LogP contribution is 2.21. The van der Waals surface area contributed by atoms with Crippen molar-refractivity contribution >= 4 is 51.1 Å². The van der Waals surface area contributed by atoms with Gasteiger partial charge in [-0.15, -0.1) is 0 Å². The van der Waals surface area contributed by atoms with Gasteiger partial charge in [-0.25, -0.2) is 4.79 Å². The molecule has 2 N–H and O–H groups in total. The SMILES string of the molecule is CCc1cc(Br)ccc1NC(=O)COC(=O)CCC(=O)Nc1cccc(C(=O)OCC(C)C)c1. The van der Waals surface area contributed by atoms with Crippen molar-refractivity contribution in [3.8, 4) is 0 Å². The van der Waals surface area contributed by atoms with Gasteiger partial charge in [-0.1, -0.05) is 42.8 Å². The van der Waals surface area contributed by atoms with E-state index in [-0.39, 0.29) is 18.8 Å². The summed E-state index contributed by atoms with van der Waals surface area (Å²) in [5.41, 5.74) is 2.34. The monoisotopic (exact) mass is 532 g/mol. The lowest BCUT2D eigenvalue weighted by Crippen LogP contribution is -2.22. The highest BCUT2D eigenvalue weighted by atomic mass is 79.9. The van der Waals surface area contributed by atoms with Gasteiger partial charge in [0, 0.05) is 22.3 Å². The normalized spacial score (nSPS) is 10.5. The van der Waals surface area contributed by atoms with Crippen LogP contribution >= 0.6 is 15.9 Å². The first-order valence-corrected chi connectivity index (χ1v) is 11.8. The lowest BCUT2D eigenvalue weighted by Gasteiger charge is -2.11. The van der Waals surface area contributed by atoms with E-state index in [0.29, 0.717) is 23.5 Å². The Hall–Kier alpha value is -3.20. The van der Waals surface area contributed by atoms with E-state index < -0.39 is 30.4 Å². The Kier molecular flexibility index (Phi) is 10.7. The van der Waals surface area contributed by atoms with Crippen LogP contribution in [-0.2, 0) is 30.3 Å². The highest BCUT2D eigenvalue weighted by molar-refractivity contribution is 9.10. The van der Waals surface area contributed by atoms with Crippen LogP contribution in [0.1, 0.15) is 49.5 Å². The number of ether oxygens (including phenoxy) is 2. The second-order valence-corrected chi connectivity index (χ2v) is 8.90. The third-order valence-corrected chi connectivity index (χ3v) is 5.07. The Balaban J connectivity index is 1.76. The molecule has 2 aromatic rings. The molecule has 0 aliphatic heterocycles. The largest absolute Gasteiger partial charge is 0.462 e. The summed E-state index contributed by atoms with van der Waals surface area (Å²) in [6.45, 7) is 5.70. The topological polar surface area (TPSA) is 111 Å². The number of esters is 2. The van der Waals surface area contributed by atoms with Crippen LogP contribution in [-0.4, -0.2) is 37.0 Å². The minimum absolute atomic E-state index is 0.130. The van der Waals surface area contributed by atoms with E-state index in [9.17, 15) is 19.2 Å². The molecule has 0 unspecified atom stereocenters. The van der Waals surface area contributed by atoms with Crippen molar-refractivity contribution in [1.29, 1.82) is 0 Å². The number of carbonyl (C=O) groups excluding carboxylic acids is 4. The van der Waals surface area contributed by atoms with Gasteiger partial charge in [-0.3, -0.25) is 14.4 Å². The molecule has 0 radical (unpaired) electrons. The first kappa shape index (κ1) is 27.0. The van der Waals surface area contributed by atoms with Crippen LogP contribution in [0.5, 0.6) is 0 Å². The number of halogens is 1. The second kappa shape index (κ2) is 13.5. The van der Waals surface area contributed by atoms with Crippen molar-refractivity contribution in [1.82, 2.24) is 0 Å². The van der Waals surface area contributed by atoms with Crippen LogP contribution in [0.3, 0.4) is 0 Å². The number of carbonyl (C=O) groups is 4. The first-order chi connectivity index (χ1) is 16.2. The fourth-order valence-electron chi connectivity index (χ4n) is 2.87. The van der Waals surface area contributed by atoms with Crippen molar-refractivity contribution < 1.29 is 28.7 Å². The number of hydrogen-bond acceptors (Lipinski definition) is 6. The Labute approximate surface area is 207 Å². The molecule has 0 aliphatic carbocycles. The molecule has 0 atom stereocenters. The smallest absolute Gasteiger partial charge is 0.338 e. The number of amides is 2. The Morgan fingerprint density at radius 1 is 0.941 bits per heavy atom. The van der Waals surface area contributed by atoms with Crippen molar-refractivity contribution in [3.63, 3.8) is 0 Å². The lowest BCUT2D eigenvalue weighted by molar-refractivity contribution is -0.147. The van der Waals surface area contributed by atoms with Crippen molar-refractivity contribution in [3.05, 3.63) is 58.1 Å². The molecule has 0 spiro atoms. The summed E-state index contributed by atoms with van der Waals surface area (Å²) >= 11 is 3.39. The predicted octanol–water partition coefficient (Wildman–Crippen LogP) is 4.72. The molecule has 34 heavy (non-hydrogen) atoms. The summed E-state index contributed by atoms with van der Waals surface area (Å²) in [5, 5.41) is 5.35. The van der Waals surface area contributed by atoms with Crippen LogP contribution in [0, 0.1) is 5.92 Å². The quantitative estimate of drug-likeness (QED) is 0.405. The summed E-state index contributed by atoms with van der Waals surface area (Å²) < 4.78 is 11.1. The third kappa shape index (κ3) is 9.35. The molecule has 0 aliphatic rings. The van der Waals surface area contributed by atoms with E-state index in [2.05, 4.69) is 26.6 Å². The molecule has 2 amide bonds. The average molecular weight is 533 g/mol. The zero-order valence-electron chi connectivity index (χ0n) is 19.5. The maximum Gasteiger partial charge on any atom is 0.338 e. The fraction of sp³-hybridized carbons (Fsp3) is 0.360. The summed E-state index contributed by atoms with van der Waals surface area (Å²) in [5.74, 6) is -1.80. The van der Waals surface area contributed by atoms with Crippen LogP contribution in [0.25, 0.3) is 0 Å². The zero-order chi connectivity index (χ0) is 25.1. The van der Waals surface area contributed by atoms with Gasteiger partial charge < -0.3 is 20.1 Å². The van der Waals surface area contributed by atoms with Crippen LogP contribution < -0.4 is 10.6 Å². The highest BCUT2D eigenvalue weighted by Gasteiger charge is 2.13. The molecule has 0 fully saturated rings. The summed E-state index contributed by atoms with van der Waals surface area (Å²) in [6.07, 6.45) is 0.412. The van der Waals surface area contributed by atoms with Gasteiger partial charge in [0.1, 0.15) is 0 Å². The van der Waals surface area contributed by atoms with Gasteiger partial charge in [-0.2, -0.15) is 0 Å². The zero-order valence-corrected chi connectivity index (χ0v) is 21.1. The summed E-state index contributed by atoms with van der Waals surface area (Å²) in [7, 11) is 0. The fourth-order valence-corrected chi connectivity index (χ4v) is 3.28. The molecule has 8 nitrogen and oxygen atoms in total. The number of benzene rings is 2. The average Bonchev–Trinajstić information content (AvgIpc) is 2.81. The van der Waals surface area contributed by atoms with Crippen molar-refractivity contribution in [2.45, 2.75) is 40.0 Å². The van der Waals surface area contributed by atoms with Crippen LogP contribution in [0.2, 0.25) is 0 Å².